The summed E-state index contributed by atoms with van der Waals surface area (Å²) in [6.45, 7) is 3.87. The number of amides is 1. The van der Waals surface area contributed by atoms with E-state index in [0.717, 1.165) is 25.9 Å². The number of nitrogen functional groups attached to an aromatic ring is 1. The third kappa shape index (κ3) is 2.57. The van der Waals surface area contributed by atoms with Gasteiger partial charge < -0.3 is 10.6 Å². The highest BCUT2D eigenvalue weighted by molar-refractivity contribution is 5.98. The van der Waals surface area contributed by atoms with Crippen LogP contribution in [0.1, 0.15) is 36.5 Å². The summed E-state index contributed by atoms with van der Waals surface area (Å²) in [5.41, 5.74) is 6.27. The lowest BCUT2D eigenvalue weighted by Crippen LogP contribution is -2.40. The smallest absolute Gasteiger partial charge is 0.257 e. The van der Waals surface area contributed by atoms with Gasteiger partial charge in [-0.1, -0.05) is 13.3 Å². The Kier molecular flexibility index (Phi) is 3.61. The molecule has 1 atom stereocenters. The molecule has 1 aromatic heterocycles. The number of likely N-dealkylation sites (tertiary alicyclic amines) is 1. The number of anilines is 1. The van der Waals surface area contributed by atoms with Gasteiger partial charge in [0.15, 0.2) is 0 Å². The van der Waals surface area contributed by atoms with Gasteiger partial charge in [-0.15, -0.1) is 0 Å². The molecule has 0 bridgehead atoms. The van der Waals surface area contributed by atoms with Crippen LogP contribution < -0.4 is 5.73 Å². The fourth-order valence-electron chi connectivity index (χ4n) is 2.35. The number of nitrogens with two attached hydrogens (primary N) is 1. The Hall–Kier alpha value is -1.58. The van der Waals surface area contributed by atoms with Crippen molar-refractivity contribution in [3.05, 3.63) is 23.9 Å². The van der Waals surface area contributed by atoms with Crippen LogP contribution in [0.15, 0.2) is 18.3 Å². The number of aromatic nitrogens is 1. The minimum atomic E-state index is 0.0220. The second kappa shape index (κ2) is 5.17. The predicted octanol–water partition coefficient (Wildman–Crippen LogP) is 1.93. The lowest BCUT2D eigenvalue weighted by atomic mass is 9.95. The van der Waals surface area contributed by atoms with Crippen LogP contribution in [0.2, 0.25) is 0 Å². The fourth-order valence-corrected chi connectivity index (χ4v) is 2.35. The summed E-state index contributed by atoms with van der Waals surface area (Å²) in [6.07, 6.45) is 5.05. The molecule has 0 saturated carbocycles. The molecule has 2 N–H and O–H groups in total. The Morgan fingerprint density at radius 1 is 1.65 bits per heavy atom. The van der Waals surface area contributed by atoms with E-state index in [1.807, 2.05) is 4.90 Å². The van der Waals surface area contributed by atoms with Gasteiger partial charge in [-0.05, 0) is 30.9 Å². The van der Waals surface area contributed by atoms with Gasteiger partial charge in [0.25, 0.3) is 5.91 Å². The summed E-state index contributed by atoms with van der Waals surface area (Å²) >= 11 is 0. The van der Waals surface area contributed by atoms with Crippen LogP contribution in [-0.4, -0.2) is 28.9 Å². The van der Waals surface area contributed by atoms with Gasteiger partial charge >= 0.3 is 0 Å². The number of hydrogen-bond acceptors (Lipinski definition) is 3. The van der Waals surface area contributed by atoms with Crippen molar-refractivity contribution in [3.8, 4) is 0 Å². The zero-order chi connectivity index (χ0) is 12.3. The summed E-state index contributed by atoms with van der Waals surface area (Å²) < 4.78 is 0. The molecule has 92 valence electrons. The summed E-state index contributed by atoms with van der Waals surface area (Å²) in [5, 5.41) is 0. The molecule has 1 saturated heterocycles. The molecule has 4 nitrogen and oxygen atoms in total. The van der Waals surface area contributed by atoms with Crippen LogP contribution in [0.5, 0.6) is 0 Å². The van der Waals surface area contributed by atoms with Crippen molar-refractivity contribution < 1.29 is 4.79 Å². The van der Waals surface area contributed by atoms with Crippen molar-refractivity contribution in [2.75, 3.05) is 18.8 Å². The first-order valence-corrected chi connectivity index (χ1v) is 6.22. The Labute approximate surface area is 102 Å². The normalized spacial score (nSPS) is 20.3. The van der Waals surface area contributed by atoms with E-state index >= 15 is 0 Å². The summed E-state index contributed by atoms with van der Waals surface area (Å²) in [6, 6.07) is 3.51. The lowest BCUT2D eigenvalue weighted by Gasteiger charge is -2.32. The average molecular weight is 233 g/mol. The van der Waals surface area contributed by atoms with Gasteiger partial charge in [0.05, 0.1) is 5.56 Å². The van der Waals surface area contributed by atoms with Crippen molar-refractivity contribution in [1.29, 1.82) is 0 Å². The summed E-state index contributed by atoms with van der Waals surface area (Å²) in [7, 11) is 0. The highest BCUT2D eigenvalue weighted by Crippen LogP contribution is 2.21. The number of rotatable bonds is 2. The number of nitrogens with zero attached hydrogens (tertiary/aromatic N) is 2. The third-order valence-electron chi connectivity index (χ3n) is 3.45. The molecule has 4 heteroatoms. The Morgan fingerprint density at radius 2 is 2.47 bits per heavy atom. The van der Waals surface area contributed by atoms with Gasteiger partial charge in [-0.3, -0.25) is 4.79 Å². The zero-order valence-electron chi connectivity index (χ0n) is 10.2. The molecule has 1 fully saturated rings. The topological polar surface area (TPSA) is 59.2 Å². The van der Waals surface area contributed by atoms with E-state index < -0.39 is 0 Å². The molecule has 1 amide bonds. The van der Waals surface area contributed by atoms with Crippen LogP contribution in [0, 0.1) is 5.92 Å². The number of pyridine rings is 1. The van der Waals surface area contributed by atoms with E-state index in [-0.39, 0.29) is 5.91 Å². The zero-order valence-corrected chi connectivity index (χ0v) is 10.2. The maximum absolute atomic E-state index is 12.3. The van der Waals surface area contributed by atoms with E-state index in [0.29, 0.717) is 17.3 Å². The van der Waals surface area contributed by atoms with Crippen molar-refractivity contribution >= 4 is 11.7 Å². The first-order chi connectivity index (χ1) is 8.22. The number of carbonyl (C=O) groups is 1. The molecule has 1 unspecified atom stereocenters. The second-order valence-electron chi connectivity index (χ2n) is 4.60. The molecule has 1 aliphatic rings. The van der Waals surface area contributed by atoms with Crippen LogP contribution in [-0.2, 0) is 0 Å². The largest absolute Gasteiger partial charge is 0.383 e. The molecule has 1 aromatic rings. The van der Waals surface area contributed by atoms with E-state index in [9.17, 15) is 4.79 Å². The van der Waals surface area contributed by atoms with E-state index in [4.69, 9.17) is 5.73 Å². The molecule has 0 spiro atoms. The van der Waals surface area contributed by atoms with Gasteiger partial charge in [0, 0.05) is 19.3 Å². The minimum absolute atomic E-state index is 0.0220. The highest BCUT2D eigenvalue weighted by atomic mass is 16.2. The van der Waals surface area contributed by atoms with Crippen molar-refractivity contribution in [3.63, 3.8) is 0 Å². The molecule has 0 aliphatic carbocycles. The van der Waals surface area contributed by atoms with Crippen molar-refractivity contribution in [2.24, 2.45) is 5.92 Å². The van der Waals surface area contributed by atoms with Crippen LogP contribution >= 0.6 is 0 Å². The average Bonchev–Trinajstić information content (AvgIpc) is 2.38. The van der Waals surface area contributed by atoms with Gasteiger partial charge in [-0.2, -0.15) is 0 Å². The fraction of sp³-hybridized carbons (Fsp3) is 0.538. The first kappa shape index (κ1) is 11.9. The first-order valence-electron chi connectivity index (χ1n) is 6.22. The summed E-state index contributed by atoms with van der Waals surface area (Å²) in [5.74, 6) is 0.982. The quantitative estimate of drug-likeness (QED) is 0.849. The molecule has 0 aromatic carbocycles. The van der Waals surface area contributed by atoms with Gasteiger partial charge in [0.1, 0.15) is 5.82 Å². The molecule has 2 heterocycles. The molecule has 0 radical (unpaired) electrons. The standard InChI is InChI=1S/C13H19N3O/c1-2-10-5-4-8-16(9-10)13(17)11-6-3-7-15-12(11)14/h3,6-7,10H,2,4-5,8-9H2,1H3,(H2,14,15). The van der Waals surface area contributed by atoms with E-state index in [1.165, 1.54) is 6.42 Å². The number of hydrogen-bond donors (Lipinski definition) is 1. The third-order valence-corrected chi connectivity index (χ3v) is 3.45. The SMILES string of the molecule is CCC1CCCN(C(=O)c2cccnc2N)C1. The molecular formula is C13H19N3O. The molecular weight excluding hydrogens is 214 g/mol. The van der Waals surface area contributed by atoms with Gasteiger partial charge in [-0.25, -0.2) is 4.98 Å². The summed E-state index contributed by atoms with van der Waals surface area (Å²) in [4.78, 5) is 18.2. The lowest BCUT2D eigenvalue weighted by molar-refractivity contribution is 0.0672. The number of carbonyl (C=O) groups excluding carboxylic acids is 1. The second-order valence-corrected chi connectivity index (χ2v) is 4.60. The maximum Gasteiger partial charge on any atom is 0.257 e. The monoisotopic (exact) mass is 233 g/mol. The Balaban J connectivity index is 2.12. The van der Waals surface area contributed by atoms with Crippen LogP contribution in [0.4, 0.5) is 5.82 Å². The van der Waals surface area contributed by atoms with Crippen LogP contribution in [0.3, 0.4) is 0 Å². The Bertz CT molecular complexity index is 405. The highest BCUT2D eigenvalue weighted by Gasteiger charge is 2.24. The van der Waals surface area contributed by atoms with E-state index in [2.05, 4.69) is 11.9 Å². The van der Waals surface area contributed by atoms with Crippen LogP contribution in [0.25, 0.3) is 0 Å². The Morgan fingerprint density at radius 3 is 3.18 bits per heavy atom. The van der Waals surface area contributed by atoms with Gasteiger partial charge in [0.2, 0.25) is 0 Å². The minimum Gasteiger partial charge on any atom is -0.383 e. The molecule has 1 aliphatic heterocycles. The number of piperidine rings is 1. The molecule has 2 rings (SSSR count). The van der Waals surface area contributed by atoms with E-state index in [1.54, 1.807) is 18.3 Å². The van der Waals surface area contributed by atoms with Crippen molar-refractivity contribution in [2.45, 2.75) is 26.2 Å². The maximum atomic E-state index is 12.3. The van der Waals surface area contributed by atoms with Crippen molar-refractivity contribution in [1.82, 2.24) is 9.88 Å². The molecule has 17 heavy (non-hydrogen) atoms. The predicted molar refractivity (Wildman–Crippen MR) is 67.6 cm³/mol.